The maximum absolute atomic E-state index is 12.1. The number of likely N-dealkylation sites (N-methyl/N-ethyl adjacent to an activating group) is 1. The van der Waals surface area contributed by atoms with Gasteiger partial charge in [-0.3, -0.25) is 4.79 Å². The van der Waals surface area contributed by atoms with Gasteiger partial charge in [0.05, 0.1) is 6.04 Å². The number of rotatable bonds is 3. The lowest BCUT2D eigenvalue weighted by molar-refractivity contribution is -0.132. The van der Waals surface area contributed by atoms with Crippen LogP contribution >= 0.6 is 0 Å². The molecule has 1 atom stereocenters. The highest BCUT2D eigenvalue weighted by Gasteiger charge is 2.33. The molecule has 3 nitrogen and oxygen atoms in total. The largest absolute Gasteiger partial charge is 0.341 e. The molecule has 1 unspecified atom stereocenters. The second-order valence-electron chi connectivity index (χ2n) is 5.28. The molecule has 0 saturated carbocycles. The minimum atomic E-state index is 0.00838. The lowest BCUT2D eigenvalue weighted by atomic mass is 9.83. The molecule has 0 spiro atoms. The second kappa shape index (κ2) is 4.97. The highest BCUT2D eigenvalue weighted by molar-refractivity contribution is 5.82. The van der Waals surface area contributed by atoms with Crippen molar-refractivity contribution < 1.29 is 4.79 Å². The van der Waals surface area contributed by atoms with Crippen molar-refractivity contribution in [2.75, 3.05) is 20.1 Å². The normalized spacial score (nSPS) is 26.5. The molecule has 1 fully saturated rings. The van der Waals surface area contributed by atoms with Gasteiger partial charge in [0.25, 0.3) is 0 Å². The van der Waals surface area contributed by atoms with Crippen LogP contribution < -0.4 is 5.32 Å². The summed E-state index contributed by atoms with van der Waals surface area (Å²) in [5, 5.41) is 3.15. The molecule has 15 heavy (non-hydrogen) atoms. The smallest absolute Gasteiger partial charge is 0.239 e. The van der Waals surface area contributed by atoms with E-state index in [1.807, 2.05) is 11.9 Å². The van der Waals surface area contributed by atoms with E-state index in [9.17, 15) is 4.79 Å². The number of nitrogens with one attached hydrogen (secondary N) is 1. The van der Waals surface area contributed by atoms with E-state index in [0.29, 0.717) is 0 Å². The molecule has 1 rings (SSSR count). The van der Waals surface area contributed by atoms with Gasteiger partial charge in [-0.1, -0.05) is 20.8 Å². The standard InChI is InChI=1S/C12H24N2O/c1-5-7-14-8-6-12(2,3)9-10(13-4)11(14)15/h10,13H,5-9H2,1-4H3. The van der Waals surface area contributed by atoms with Crippen molar-refractivity contribution >= 4 is 5.91 Å². The van der Waals surface area contributed by atoms with E-state index >= 15 is 0 Å². The van der Waals surface area contributed by atoms with E-state index in [1.165, 1.54) is 0 Å². The molecule has 0 aromatic rings. The molecule has 1 heterocycles. The SMILES string of the molecule is CCCN1CCC(C)(C)CC(NC)C1=O. The van der Waals surface area contributed by atoms with E-state index in [2.05, 4.69) is 26.1 Å². The van der Waals surface area contributed by atoms with Crippen LogP contribution in [-0.2, 0) is 4.79 Å². The van der Waals surface area contributed by atoms with Crippen molar-refractivity contribution in [2.45, 2.75) is 46.1 Å². The lowest BCUT2D eigenvalue weighted by Crippen LogP contribution is -2.44. The van der Waals surface area contributed by atoms with Crippen molar-refractivity contribution in [2.24, 2.45) is 5.41 Å². The molecule has 3 heteroatoms. The Balaban J connectivity index is 2.75. The summed E-state index contributed by atoms with van der Waals surface area (Å²) < 4.78 is 0. The lowest BCUT2D eigenvalue weighted by Gasteiger charge is -2.24. The maximum atomic E-state index is 12.1. The van der Waals surface area contributed by atoms with Crippen molar-refractivity contribution in [3.05, 3.63) is 0 Å². The van der Waals surface area contributed by atoms with Gasteiger partial charge in [0.2, 0.25) is 5.91 Å². The number of likely N-dealkylation sites (tertiary alicyclic amines) is 1. The second-order valence-corrected chi connectivity index (χ2v) is 5.28. The molecular formula is C12H24N2O. The van der Waals surface area contributed by atoms with Crippen molar-refractivity contribution in [1.82, 2.24) is 10.2 Å². The van der Waals surface area contributed by atoms with Gasteiger partial charge < -0.3 is 10.2 Å². The average molecular weight is 212 g/mol. The van der Waals surface area contributed by atoms with Crippen LogP contribution in [0.5, 0.6) is 0 Å². The zero-order valence-corrected chi connectivity index (χ0v) is 10.5. The fraction of sp³-hybridized carbons (Fsp3) is 0.917. The van der Waals surface area contributed by atoms with Gasteiger partial charge in [-0.05, 0) is 31.7 Å². The van der Waals surface area contributed by atoms with Crippen LogP contribution in [0, 0.1) is 5.41 Å². The van der Waals surface area contributed by atoms with E-state index in [0.717, 1.165) is 32.4 Å². The monoisotopic (exact) mass is 212 g/mol. The quantitative estimate of drug-likeness (QED) is 0.771. The van der Waals surface area contributed by atoms with Gasteiger partial charge in [-0.15, -0.1) is 0 Å². The summed E-state index contributed by atoms with van der Waals surface area (Å²) in [7, 11) is 1.88. The van der Waals surface area contributed by atoms with Gasteiger partial charge in [-0.2, -0.15) is 0 Å². The van der Waals surface area contributed by atoms with Crippen LogP contribution in [0.1, 0.15) is 40.0 Å². The van der Waals surface area contributed by atoms with Gasteiger partial charge in [0.15, 0.2) is 0 Å². The molecule has 0 aromatic heterocycles. The molecule has 88 valence electrons. The summed E-state index contributed by atoms with van der Waals surface area (Å²) in [5.74, 6) is 0.282. The van der Waals surface area contributed by atoms with E-state index in [1.54, 1.807) is 0 Å². The Hall–Kier alpha value is -0.570. The molecule has 1 aliphatic heterocycles. The fourth-order valence-corrected chi connectivity index (χ4v) is 2.23. The van der Waals surface area contributed by atoms with Crippen LogP contribution in [0.4, 0.5) is 0 Å². The predicted octanol–water partition coefficient (Wildman–Crippen LogP) is 1.63. The molecule has 0 radical (unpaired) electrons. The van der Waals surface area contributed by atoms with Gasteiger partial charge in [0.1, 0.15) is 0 Å². The van der Waals surface area contributed by atoms with Crippen molar-refractivity contribution in [1.29, 1.82) is 0 Å². The molecular weight excluding hydrogens is 188 g/mol. The summed E-state index contributed by atoms with van der Waals surface area (Å²) >= 11 is 0. The number of hydrogen-bond donors (Lipinski definition) is 1. The first-order valence-corrected chi connectivity index (χ1v) is 5.96. The van der Waals surface area contributed by atoms with E-state index in [4.69, 9.17) is 0 Å². The fourth-order valence-electron chi connectivity index (χ4n) is 2.23. The summed E-state index contributed by atoms with van der Waals surface area (Å²) in [6, 6.07) is 0.00838. The molecule has 1 aliphatic rings. The first kappa shape index (κ1) is 12.5. The van der Waals surface area contributed by atoms with E-state index < -0.39 is 0 Å². The summed E-state index contributed by atoms with van der Waals surface area (Å²) in [5.41, 5.74) is 0.270. The third kappa shape index (κ3) is 3.20. The van der Waals surface area contributed by atoms with Crippen LogP contribution in [0.3, 0.4) is 0 Å². The molecule has 0 aliphatic carbocycles. The maximum Gasteiger partial charge on any atom is 0.239 e. The zero-order valence-electron chi connectivity index (χ0n) is 10.5. The number of hydrogen-bond acceptors (Lipinski definition) is 2. The Morgan fingerprint density at radius 1 is 1.53 bits per heavy atom. The topological polar surface area (TPSA) is 32.3 Å². The predicted molar refractivity (Wildman–Crippen MR) is 62.7 cm³/mol. The molecule has 1 amide bonds. The molecule has 0 aromatic carbocycles. The minimum Gasteiger partial charge on any atom is -0.341 e. The third-order valence-corrected chi connectivity index (χ3v) is 3.27. The Morgan fingerprint density at radius 2 is 2.20 bits per heavy atom. The number of amides is 1. The Kier molecular flexibility index (Phi) is 4.14. The Morgan fingerprint density at radius 3 is 2.73 bits per heavy atom. The van der Waals surface area contributed by atoms with Gasteiger partial charge in [-0.25, -0.2) is 0 Å². The summed E-state index contributed by atoms with van der Waals surface area (Å²) in [4.78, 5) is 14.1. The molecule has 1 N–H and O–H groups in total. The first-order chi connectivity index (χ1) is 7.00. The van der Waals surface area contributed by atoms with Crippen molar-refractivity contribution in [3.63, 3.8) is 0 Å². The van der Waals surface area contributed by atoms with Crippen LogP contribution in [0.25, 0.3) is 0 Å². The number of carbonyl (C=O) groups excluding carboxylic acids is 1. The molecule has 1 saturated heterocycles. The van der Waals surface area contributed by atoms with E-state index in [-0.39, 0.29) is 17.4 Å². The van der Waals surface area contributed by atoms with Gasteiger partial charge in [0, 0.05) is 13.1 Å². The van der Waals surface area contributed by atoms with Crippen LogP contribution in [-0.4, -0.2) is 37.0 Å². The molecule has 0 bridgehead atoms. The zero-order chi connectivity index (χ0) is 11.5. The highest BCUT2D eigenvalue weighted by atomic mass is 16.2. The van der Waals surface area contributed by atoms with Crippen LogP contribution in [0.15, 0.2) is 0 Å². The summed E-state index contributed by atoms with van der Waals surface area (Å²) in [6.45, 7) is 8.43. The number of nitrogens with zero attached hydrogens (tertiary/aromatic N) is 1. The highest BCUT2D eigenvalue weighted by Crippen LogP contribution is 2.30. The van der Waals surface area contributed by atoms with Crippen molar-refractivity contribution in [3.8, 4) is 0 Å². The third-order valence-electron chi connectivity index (χ3n) is 3.27. The summed E-state index contributed by atoms with van der Waals surface area (Å²) in [6.07, 6.45) is 3.10. The Bertz CT molecular complexity index is 226. The Labute approximate surface area is 93.2 Å². The number of carbonyl (C=O) groups is 1. The minimum absolute atomic E-state index is 0.00838. The van der Waals surface area contributed by atoms with Crippen LogP contribution in [0.2, 0.25) is 0 Å². The first-order valence-electron chi connectivity index (χ1n) is 5.96. The average Bonchev–Trinajstić information content (AvgIpc) is 2.29. The van der Waals surface area contributed by atoms with Gasteiger partial charge >= 0.3 is 0 Å².